The summed E-state index contributed by atoms with van der Waals surface area (Å²) < 4.78 is 5.47. The maximum Gasteiger partial charge on any atom is 0.163 e. The predicted molar refractivity (Wildman–Crippen MR) is 72.9 cm³/mol. The molecule has 0 saturated carbocycles. The highest BCUT2D eigenvalue weighted by molar-refractivity contribution is 6.10. The fourth-order valence-corrected chi connectivity index (χ4v) is 3.16. The van der Waals surface area contributed by atoms with Crippen LogP contribution < -0.4 is 0 Å². The van der Waals surface area contributed by atoms with Crippen LogP contribution in [0.25, 0.3) is 11.0 Å². The van der Waals surface area contributed by atoms with E-state index in [4.69, 9.17) is 4.42 Å². The molecule has 0 N–H and O–H groups in total. The molecule has 0 saturated heterocycles. The zero-order valence-corrected chi connectivity index (χ0v) is 11.4. The van der Waals surface area contributed by atoms with Crippen molar-refractivity contribution in [1.29, 1.82) is 0 Å². The fourth-order valence-electron chi connectivity index (χ4n) is 3.16. The van der Waals surface area contributed by atoms with Crippen molar-refractivity contribution >= 4 is 22.5 Å². The lowest BCUT2D eigenvalue weighted by Crippen LogP contribution is -2.15. The molecular weight excluding hydrogens is 240 g/mol. The van der Waals surface area contributed by atoms with E-state index in [-0.39, 0.29) is 11.6 Å². The smallest absolute Gasteiger partial charge is 0.163 e. The summed E-state index contributed by atoms with van der Waals surface area (Å²) in [6.07, 6.45) is 2.98. The van der Waals surface area contributed by atoms with Crippen LogP contribution in [0.4, 0.5) is 0 Å². The third-order valence-corrected chi connectivity index (χ3v) is 4.14. The van der Waals surface area contributed by atoms with Crippen molar-refractivity contribution in [3.05, 3.63) is 34.6 Å². The van der Waals surface area contributed by atoms with Gasteiger partial charge in [0.15, 0.2) is 11.6 Å². The Morgan fingerprint density at radius 2 is 2.16 bits per heavy atom. The van der Waals surface area contributed by atoms with Crippen molar-refractivity contribution in [2.45, 2.75) is 39.5 Å². The Morgan fingerprint density at radius 1 is 1.42 bits per heavy atom. The Morgan fingerprint density at radius 3 is 2.84 bits per heavy atom. The summed E-state index contributed by atoms with van der Waals surface area (Å²) in [5, 5.41) is 0.868. The van der Waals surface area contributed by atoms with Crippen LogP contribution >= 0.6 is 0 Å². The molecule has 0 amide bonds. The van der Waals surface area contributed by atoms with E-state index in [0.29, 0.717) is 23.5 Å². The molecule has 3 nitrogen and oxygen atoms in total. The summed E-state index contributed by atoms with van der Waals surface area (Å²) in [4.78, 5) is 23.7. The molecule has 0 spiro atoms. The van der Waals surface area contributed by atoms with Gasteiger partial charge in [-0.05, 0) is 43.4 Å². The largest absolute Gasteiger partial charge is 0.464 e. The first kappa shape index (κ1) is 12.2. The number of rotatable bonds is 1. The normalized spacial score (nSPS) is 18.7. The number of hydrogen-bond donors (Lipinski definition) is 0. The van der Waals surface area contributed by atoms with Gasteiger partial charge >= 0.3 is 0 Å². The molecule has 0 radical (unpaired) electrons. The highest BCUT2D eigenvalue weighted by atomic mass is 16.3. The molecule has 1 atom stereocenters. The van der Waals surface area contributed by atoms with Gasteiger partial charge in [-0.3, -0.25) is 9.59 Å². The molecule has 1 aromatic carbocycles. The van der Waals surface area contributed by atoms with Crippen LogP contribution in [0.15, 0.2) is 16.7 Å². The second-order valence-corrected chi connectivity index (χ2v) is 5.40. The Hall–Kier alpha value is -1.90. The predicted octanol–water partition coefficient (Wildman–Crippen LogP) is 4.02. The highest BCUT2D eigenvalue weighted by Gasteiger charge is 2.27. The maximum atomic E-state index is 12.1. The minimum Gasteiger partial charge on any atom is -0.464 e. The second-order valence-electron chi connectivity index (χ2n) is 5.40. The monoisotopic (exact) mass is 256 g/mol. The number of furan rings is 1. The van der Waals surface area contributed by atoms with Gasteiger partial charge in [-0.1, -0.05) is 6.92 Å². The van der Waals surface area contributed by atoms with Crippen molar-refractivity contribution in [3.8, 4) is 0 Å². The van der Waals surface area contributed by atoms with Gasteiger partial charge in [0.05, 0.1) is 5.56 Å². The summed E-state index contributed by atoms with van der Waals surface area (Å²) in [5.74, 6) is 0.530. The van der Waals surface area contributed by atoms with Crippen molar-refractivity contribution < 1.29 is 14.0 Å². The average Bonchev–Trinajstić information content (AvgIpc) is 2.78. The summed E-state index contributed by atoms with van der Waals surface area (Å²) >= 11 is 0. The van der Waals surface area contributed by atoms with E-state index in [1.54, 1.807) is 0 Å². The number of Topliss-reactive ketones (excluding diaryl/α,β-unsaturated/α-hetero) is 2. The molecule has 1 aromatic heterocycles. The lowest BCUT2D eigenvalue weighted by molar-refractivity contribution is 0.0966. The fraction of sp³-hybridized carbons (Fsp3) is 0.375. The summed E-state index contributed by atoms with van der Waals surface area (Å²) in [6.45, 7) is 5.66. The van der Waals surface area contributed by atoms with E-state index < -0.39 is 0 Å². The molecule has 1 aliphatic rings. The molecule has 0 unspecified atom stereocenters. The lowest BCUT2D eigenvalue weighted by Gasteiger charge is -2.23. The number of carbonyl (C=O) groups is 2. The number of aryl methyl sites for hydroxylation is 1. The van der Waals surface area contributed by atoms with Crippen LogP contribution in [0.1, 0.15) is 64.4 Å². The van der Waals surface area contributed by atoms with Gasteiger partial charge in [0.1, 0.15) is 11.8 Å². The molecule has 98 valence electrons. The molecule has 0 fully saturated rings. The van der Waals surface area contributed by atoms with E-state index in [0.717, 1.165) is 28.5 Å². The van der Waals surface area contributed by atoms with E-state index in [2.05, 4.69) is 6.92 Å². The van der Waals surface area contributed by atoms with Gasteiger partial charge in [0.2, 0.25) is 0 Å². The first-order chi connectivity index (χ1) is 9.00. The molecule has 0 aliphatic heterocycles. The van der Waals surface area contributed by atoms with Gasteiger partial charge in [0, 0.05) is 17.4 Å². The minimum absolute atomic E-state index is 0.00316. The number of carbonyl (C=O) groups excluding carboxylic acids is 2. The summed E-state index contributed by atoms with van der Waals surface area (Å²) in [6, 6.07) is 1.81. The summed E-state index contributed by atoms with van der Waals surface area (Å²) in [5.41, 5.74) is 4.14. The van der Waals surface area contributed by atoms with Crippen molar-refractivity contribution in [2.75, 3.05) is 0 Å². The Bertz CT molecular complexity index is 706. The molecule has 1 heterocycles. The topological polar surface area (TPSA) is 47.3 Å². The Balaban J connectivity index is 2.41. The number of benzene rings is 1. The second kappa shape index (κ2) is 4.05. The Kier molecular flexibility index (Phi) is 2.59. The van der Waals surface area contributed by atoms with Crippen molar-refractivity contribution in [1.82, 2.24) is 0 Å². The van der Waals surface area contributed by atoms with E-state index in [9.17, 15) is 9.59 Å². The van der Waals surface area contributed by atoms with Gasteiger partial charge in [-0.2, -0.15) is 0 Å². The first-order valence-corrected chi connectivity index (χ1v) is 6.59. The zero-order valence-electron chi connectivity index (χ0n) is 11.4. The third-order valence-electron chi connectivity index (χ3n) is 4.14. The van der Waals surface area contributed by atoms with Crippen molar-refractivity contribution in [2.24, 2.45) is 0 Å². The lowest BCUT2D eigenvalue weighted by atomic mass is 9.79. The van der Waals surface area contributed by atoms with Crippen LogP contribution in [0.2, 0.25) is 0 Å². The van der Waals surface area contributed by atoms with Crippen LogP contribution in [-0.2, 0) is 0 Å². The molecule has 2 aromatic rings. The molecule has 19 heavy (non-hydrogen) atoms. The van der Waals surface area contributed by atoms with E-state index in [1.807, 2.05) is 13.0 Å². The SMILES string of the molecule is CC(=O)c1coc2cc3c(c(C)c12)[C@H](C)CCC3=O. The van der Waals surface area contributed by atoms with Gasteiger partial charge in [-0.25, -0.2) is 0 Å². The molecule has 3 heteroatoms. The number of ketones is 2. The van der Waals surface area contributed by atoms with Gasteiger partial charge in [-0.15, -0.1) is 0 Å². The average molecular weight is 256 g/mol. The molecule has 3 rings (SSSR count). The van der Waals surface area contributed by atoms with Crippen LogP contribution in [-0.4, -0.2) is 11.6 Å². The van der Waals surface area contributed by atoms with E-state index >= 15 is 0 Å². The van der Waals surface area contributed by atoms with Crippen LogP contribution in [0.5, 0.6) is 0 Å². The highest BCUT2D eigenvalue weighted by Crippen LogP contribution is 2.39. The molecule has 1 aliphatic carbocycles. The third kappa shape index (κ3) is 1.65. The van der Waals surface area contributed by atoms with Gasteiger partial charge in [0.25, 0.3) is 0 Å². The van der Waals surface area contributed by atoms with Crippen molar-refractivity contribution in [3.63, 3.8) is 0 Å². The molecule has 0 bridgehead atoms. The standard InChI is InChI=1S/C16H16O3/c1-8-4-5-13(18)11-6-14-16(9(2)15(8)11)12(7-19-14)10(3)17/h6-8H,4-5H2,1-3H3/t8-/m1/s1. The molecular formula is C16H16O3. The maximum absolute atomic E-state index is 12.1. The number of fused-ring (bicyclic) bond motifs is 2. The minimum atomic E-state index is -0.00316. The van der Waals surface area contributed by atoms with Gasteiger partial charge < -0.3 is 4.42 Å². The van der Waals surface area contributed by atoms with E-state index in [1.165, 1.54) is 13.2 Å². The Labute approximate surface area is 111 Å². The number of hydrogen-bond acceptors (Lipinski definition) is 3. The first-order valence-electron chi connectivity index (χ1n) is 6.59. The zero-order chi connectivity index (χ0) is 13.7. The quantitative estimate of drug-likeness (QED) is 0.724. The van der Waals surface area contributed by atoms with Crippen LogP contribution in [0, 0.1) is 6.92 Å². The summed E-state index contributed by atoms with van der Waals surface area (Å²) in [7, 11) is 0. The van der Waals surface area contributed by atoms with Crippen LogP contribution in [0.3, 0.4) is 0 Å².